The van der Waals surface area contributed by atoms with Crippen LogP contribution in [0.2, 0.25) is 5.02 Å². The van der Waals surface area contributed by atoms with Crippen LogP contribution in [0.4, 0.5) is 5.69 Å². The second kappa shape index (κ2) is 6.12. The fourth-order valence-electron chi connectivity index (χ4n) is 2.12. The molecule has 2 aromatic rings. The number of ketones is 1. The molecule has 1 heterocycles. The van der Waals surface area contributed by atoms with Crippen molar-refractivity contribution in [1.29, 1.82) is 0 Å². The van der Waals surface area contributed by atoms with Crippen molar-refractivity contribution in [2.24, 2.45) is 0 Å². The van der Waals surface area contributed by atoms with Crippen molar-refractivity contribution in [3.63, 3.8) is 0 Å². The Morgan fingerprint density at radius 1 is 1.23 bits per heavy atom. The van der Waals surface area contributed by atoms with Gasteiger partial charge in [-0.1, -0.05) is 17.7 Å². The lowest BCUT2D eigenvalue weighted by Crippen LogP contribution is -1.97. The normalized spacial score (nSPS) is 12.6. The molecule has 0 fully saturated rings. The van der Waals surface area contributed by atoms with E-state index >= 15 is 0 Å². The summed E-state index contributed by atoms with van der Waals surface area (Å²) in [5, 5.41) is 3.75. The van der Waals surface area contributed by atoms with Gasteiger partial charge in [-0.3, -0.25) is 4.79 Å². The second-order valence-electron chi connectivity index (χ2n) is 4.82. The Morgan fingerprint density at radius 2 is 2.05 bits per heavy atom. The maximum Gasteiger partial charge on any atom is 0.231 e. The molecule has 0 spiro atoms. The minimum Gasteiger partial charge on any atom is -0.454 e. The minimum absolute atomic E-state index is 0.120. The number of hydrogen-bond acceptors (Lipinski definition) is 4. The van der Waals surface area contributed by atoms with Crippen LogP contribution in [0.5, 0.6) is 11.5 Å². The zero-order valence-corrected chi connectivity index (χ0v) is 12.7. The number of rotatable bonds is 4. The van der Waals surface area contributed by atoms with Crippen LogP contribution in [0.1, 0.15) is 15.9 Å². The van der Waals surface area contributed by atoms with Gasteiger partial charge >= 0.3 is 0 Å². The summed E-state index contributed by atoms with van der Waals surface area (Å²) in [6, 6.07) is 10.7. The summed E-state index contributed by atoms with van der Waals surface area (Å²) >= 11 is 6.05. The Morgan fingerprint density at radius 3 is 2.91 bits per heavy atom. The molecule has 22 heavy (non-hydrogen) atoms. The maximum absolute atomic E-state index is 12.1. The summed E-state index contributed by atoms with van der Waals surface area (Å²) in [7, 11) is 0. The van der Waals surface area contributed by atoms with E-state index in [0.29, 0.717) is 22.1 Å². The number of carbonyl (C=O) groups excluding carboxylic acids is 1. The molecule has 0 unspecified atom stereocenters. The first kappa shape index (κ1) is 14.5. The van der Waals surface area contributed by atoms with Crippen molar-refractivity contribution in [2.75, 3.05) is 12.1 Å². The van der Waals surface area contributed by atoms with Gasteiger partial charge in [-0.15, -0.1) is 0 Å². The van der Waals surface area contributed by atoms with E-state index in [1.807, 2.05) is 25.1 Å². The fourth-order valence-corrected chi connectivity index (χ4v) is 2.29. The highest BCUT2D eigenvalue weighted by atomic mass is 35.5. The topological polar surface area (TPSA) is 47.6 Å². The van der Waals surface area contributed by atoms with Crippen LogP contribution in [-0.4, -0.2) is 12.6 Å². The number of anilines is 1. The molecule has 0 saturated heterocycles. The van der Waals surface area contributed by atoms with Crippen molar-refractivity contribution in [3.05, 3.63) is 64.8 Å². The first-order valence-electron chi connectivity index (χ1n) is 6.77. The molecule has 0 bridgehead atoms. The van der Waals surface area contributed by atoms with Crippen LogP contribution in [0, 0.1) is 6.92 Å². The van der Waals surface area contributed by atoms with E-state index in [9.17, 15) is 4.79 Å². The maximum atomic E-state index is 12.1. The van der Waals surface area contributed by atoms with Crippen LogP contribution < -0.4 is 14.8 Å². The van der Waals surface area contributed by atoms with Gasteiger partial charge in [0.25, 0.3) is 0 Å². The molecule has 1 aliphatic rings. The average Bonchev–Trinajstić information content (AvgIpc) is 2.98. The fraction of sp³-hybridized carbons (Fsp3) is 0.118. The van der Waals surface area contributed by atoms with Gasteiger partial charge in [0, 0.05) is 28.5 Å². The van der Waals surface area contributed by atoms with E-state index in [1.54, 1.807) is 24.4 Å². The lowest BCUT2D eigenvalue weighted by Gasteiger charge is -2.06. The SMILES string of the molecule is Cc1c(Cl)cccc1N/C=C/C(=O)c1ccc2c(c1)OCO2. The number of carbonyl (C=O) groups is 1. The summed E-state index contributed by atoms with van der Waals surface area (Å²) in [6.45, 7) is 2.11. The molecule has 112 valence electrons. The number of nitrogens with one attached hydrogen (secondary N) is 1. The van der Waals surface area contributed by atoms with Gasteiger partial charge in [0.05, 0.1) is 0 Å². The third-order valence-electron chi connectivity index (χ3n) is 3.40. The first-order chi connectivity index (χ1) is 10.6. The third kappa shape index (κ3) is 2.92. The highest BCUT2D eigenvalue weighted by Gasteiger charge is 2.15. The summed E-state index contributed by atoms with van der Waals surface area (Å²) < 4.78 is 10.5. The smallest absolute Gasteiger partial charge is 0.231 e. The highest BCUT2D eigenvalue weighted by molar-refractivity contribution is 6.31. The van der Waals surface area contributed by atoms with Crippen LogP contribution in [0.3, 0.4) is 0 Å². The summed E-state index contributed by atoms with van der Waals surface area (Å²) in [6.07, 6.45) is 3.07. The van der Waals surface area contributed by atoms with E-state index in [4.69, 9.17) is 21.1 Å². The number of ether oxygens (including phenoxy) is 2. The van der Waals surface area contributed by atoms with Gasteiger partial charge in [-0.2, -0.15) is 0 Å². The van der Waals surface area contributed by atoms with Crippen LogP contribution in [0.15, 0.2) is 48.7 Å². The Balaban J connectivity index is 1.70. The molecule has 0 radical (unpaired) electrons. The second-order valence-corrected chi connectivity index (χ2v) is 5.23. The molecule has 0 aromatic heterocycles. The highest BCUT2D eigenvalue weighted by Crippen LogP contribution is 2.32. The summed E-state index contributed by atoms with van der Waals surface area (Å²) in [4.78, 5) is 12.1. The van der Waals surface area contributed by atoms with Crippen molar-refractivity contribution >= 4 is 23.1 Å². The molecule has 4 nitrogen and oxygen atoms in total. The van der Waals surface area contributed by atoms with Crippen LogP contribution in [-0.2, 0) is 0 Å². The molecular formula is C17H14ClNO3. The van der Waals surface area contributed by atoms with E-state index in [-0.39, 0.29) is 12.6 Å². The van der Waals surface area contributed by atoms with Gasteiger partial charge in [0.1, 0.15) is 0 Å². The molecule has 0 amide bonds. The summed E-state index contributed by atoms with van der Waals surface area (Å²) in [5.41, 5.74) is 2.34. The molecule has 5 heteroatoms. The Hall–Kier alpha value is -2.46. The van der Waals surface area contributed by atoms with Crippen LogP contribution >= 0.6 is 11.6 Å². The summed E-state index contributed by atoms with van der Waals surface area (Å²) in [5.74, 6) is 1.14. The van der Waals surface area contributed by atoms with Gasteiger partial charge in [-0.25, -0.2) is 0 Å². The molecule has 3 rings (SSSR count). The molecule has 2 aromatic carbocycles. The van der Waals surface area contributed by atoms with Crippen LogP contribution in [0.25, 0.3) is 0 Å². The van der Waals surface area contributed by atoms with Crippen molar-refractivity contribution < 1.29 is 14.3 Å². The number of halogens is 1. The van der Waals surface area contributed by atoms with E-state index in [2.05, 4.69) is 5.32 Å². The first-order valence-corrected chi connectivity index (χ1v) is 7.15. The monoisotopic (exact) mass is 315 g/mol. The Bertz CT molecular complexity index is 756. The van der Waals surface area contributed by atoms with Gasteiger partial charge in [-0.05, 0) is 42.8 Å². The van der Waals surface area contributed by atoms with Crippen molar-refractivity contribution in [2.45, 2.75) is 6.92 Å². The molecule has 1 aliphatic heterocycles. The number of fused-ring (bicyclic) bond motifs is 1. The number of allylic oxidation sites excluding steroid dienone is 1. The predicted octanol–water partition coefficient (Wildman–Crippen LogP) is 4.19. The van der Waals surface area contributed by atoms with E-state index in [1.165, 1.54) is 6.08 Å². The lowest BCUT2D eigenvalue weighted by atomic mass is 10.1. The quantitative estimate of drug-likeness (QED) is 0.679. The largest absolute Gasteiger partial charge is 0.454 e. The number of hydrogen-bond donors (Lipinski definition) is 1. The molecule has 0 aliphatic carbocycles. The zero-order valence-electron chi connectivity index (χ0n) is 11.9. The molecular weight excluding hydrogens is 302 g/mol. The lowest BCUT2D eigenvalue weighted by molar-refractivity contribution is 0.104. The molecule has 0 saturated carbocycles. The standard InChI is InChI=1S/C17H14ClNO3/c1-11-13(18)3-2-4-14(11)19-8-7-15(20)12-5-6-16-17(9-12)22-10-21-16/h2-9,19H,10H2,1H3/b8-7+. The van der Waals surface area contributed by atoms with Crippen molar-refractivity contribution in [3.8, 4) is 11.5 Å². The van der Waals surface area contributed by atoms with E-state index in [0.717, 1.165) is 11.3 Å². The Kier molecular flexibility index (Phi) is 4.02. The van der Waals surface area contributed by atoms with Crippen molar-refractivity contribution in [1.82, 2.24) is 0 Å². The zero-order chi connectivity index (χ0) is 15.5. The van der Waals surface area contributed by atoms with Gasteiger partial charge in [0.2, 0.25) is 6.79 Å². The third-order valence-corrected chi connectivity index (χ3v) is 3.81. The Labute approximate surface area is 133 Å². The van der Waals surface area contributed by atoms with Gasteiger partial charge in [0.15, 0.2) is 17.3 Å². The van der Waals surface area contributed by atoms with E-state index < -0.39 is 0 Å². The predicted molar refractivity (Wildman–Crippen MR) is 85.8 cm³/mol. The molecule has 0 atom stereocenters. The average molecular weight is 316 g/mol. The number of benzene rings is 2. The minimum atomic E-state index is -0.120. The molecule has 1 N–H and O–H groups in total. The van der Waals surface area contributed by atoms with Gasteiger partial charge < -0.3 is 14.8 Å².